The molecule has 0 aliphatic carbocycles. The number of hydrogen-bond donors (Lipinski definition) is 1. The van der Waals surface area contributed by atoms with Gasteiger partial charge in [-0.15, -0.1) is 0 Å². The van der Waals surface area contributed by atoms with Crippen molar-refractivity contribution in [2.75, 3.05) is 0 Å². The number of alkyl halides is 3. The first-order valence-electron chi connectivity index (χ1n) is 5.72. The van der Waals surface area contributed by atoms with Crippen LogP contribution in [0.15, 0.2) is 30.3 Å². The monoisotopic (exact) mass is 320 g/mol. The summed E-state index contributed by atoms with van der Waals surface area (Å²) in [5.41, 5.74) is -3.52. The average Bonchev–Trinajstić information content (AvgIpc) is 2.42. The Morgan fingerprint density at radius 3 is 2.14 bits per heavy atom. The molecule has 0 unspecified atom stereocenters. The Morgan fingerprint density at radius 2 is 1.55 bits per heavy atom. The summed E-state index contributed by atoms with van der Waals surface area (Å²) in [6, 6.07) is 3.30. The van der Waals surface area contributed by atoms with Gasteiger partial charge in [-0.3, -0.25) is 4.79 Å². The van der Waals surface area contributed by atoms with Crippen molar-refractivity contribution in [3.8, 4) is 5.75 Å². The molecule has 0 aliphatic rings. The van der Waals surface area contributed by atoms with Crippen LogP contribution in [0.5, 0.6) is 5.75 Å². The smallest absolute Gasteiger partial charge is 0.419 e. The van der Waals surface area contributed by atoms with Gasteiger partial charge in [-0.1, -0.05) is 6.07 Å². The van der Waals surface area contributed by atoms with Crippen molar-refractivity contribution in [1.29, 1.82) is 0 Å². The number of benzene rings is 2. The van der Waals surface area contributed by atoms with Gasteiger partial charge in [-0.05, 0) is 24.3 Å². The summed E-state index contributed by atoms with van der Waals surface area (Å²) in [7, 11) is 0. The Morgan fingerprint density at radius 1 is 0.909 bits per heavy atom. The van der Waals surface area contributed by atoms with E-state index in [4.69, 9.17) is 0 Å². The lowest BCUT2D eigenvalue weighted by Crippen LogP contribution is -2.12. The van der Waals surface area contributed by atoms with Gasteiger partial charge in [0.05, 0.1) is 16.7 Å². The zero-order valence-corrected chi connectivity index (χ0v) is 10.5. The van der Waals surface area contributed by atoms with Gasteiger partial charge in [0.25, 0.3) is 0 Å². The normalized spacial score (nSPS) is 11.5. The van der Waals surface area contributed by atoms with E-state index in [1.807, 2.05) is 0 Å². The van der Waals surface area contributed by atoms with E-state index in [1.165, 1.54) is 0 Å². The zero-order valence-electron chi connectivity index (χ0n) is 10.5. The van der Waals surface area contributed by atoms with Crippen LogP contribution in [0.25, 0.3) is 0 Å². The van der Waals surface area contributed by atoms with Crippen molar-refractivity contribution in [3.63, 3.8) is 0 Å². The molecule has 0 saturated heterocycles. The highest BCUT2D eigenvalue weighted by Crippen LogP contribution is 2.36. The molecular weight excluding hydrogens is 314 g/mol. The summed E-state index contributed by atoms with van der Waals surface area (Å²) >= 11 is 0. The molecule has 0 radical (unpaired) electrons. The van der Waals surface area contributed by atoms with Crippen LogP contribution in [-0.2, 0) is 6.18 Å². The maximum Gasteiger partial charge on any atom is 0.419 e. The molecule has 0 aliphatic heterocycles. The number of carbonyl (C=O) groups is 1. The lowest BCUT2D eigenvalue weighted by molar-refractivity contribution is -0.140. The summed E-state index contributed by atoms with van der Waals surface area (Å²) in [5.74, 6) is -7.90. The minimum Gasteiger partial charge on any atom is -0.504 e. The topological polar surface area (TPSA) is 37.3 Å². The number of carbonyl (C=O) groups excluding carboxylic acids is 1. The number of rotatable bonds is 2. The number of aromatic hydroxyl groups is 1. The van der Waals surface area contributed by atoms with Crippen LogP contribution in [0.1, 0.15) is 21.5 Å². The third kappa shape index (κ3) is 2.63. The first-order chi connectivity index (χ1) is 10.1. The van der Waals surface area contributed by atoms with E-state index in [0.29, 0.717) is 6.07 Å². The molecule has 2 aromatic rings. The second-order valence-electron chi connectivity index (χ2n) is 4.25. The zero-order chi connectivity index (χ0) is 16.7. The van der Waals surface area contributed by atoms with E-state index in [-0.39, 0.29) is 6.07 Å². The van der Waals surface area contributed by atoms with Crippen molar-refractivity contribution in [1.82, 2.24) is 0 Å². The highest BCUT2D eigenvalue weighted by Gasteiger charge is 2.36. The predicted molar refractivity (Wildman–Crippen MR) is 62.9 cm³/mol. The number of ketones is 1. The van der Waals surface area contributed by atoms with Gasteiger partial charge < -0.3 is 5.11 Å². The van der Waals surface area contributed by atoms with Gasteiger partial charge in [0.15, 0.2) is 29.0 Å². The fraction of sp³-hybridized carbons (Fsp3) is 0.0714. The maximum absolute atomic E-state index is 13.5. The molecule has 2 nitrogen and oxygen atoms in total. The van der Waals surface area contributed by atoms with Crippen molar-refractivity contribution >= 4 is 5.78 Å². The van der Waals surface area contributed by atoms with Gasteiger partial charge in [-0.25, -0.2) is 13.2 Å². The molecule has 0 heterocycles. The Bertz CT molecular complexity index is 752. The van der Waals surface area contributed by atoms with Crippen molar-refractivity contribution in [3.05, 3.63) is 64.5 Å². The summed E-state index contributed by atoms with van der Waals surface area (Å²) in [6.07, 6.45) is -5.08. The van der Waals surface area contributed by atoms with Crippen LogP contribution in [0.4, 0.5) is 26.3 Å². The second kappa shape index (κ2) is 5.36. The van der Waals surface area contributed by atoms with Gasteiger partial charge >= 0.3 is 6.18 Å². The second-order valence-corrected chi connectivity index (χ2v) is 4.25. The Kier molecular flexibility index (Phi) is 3.87. The molecule has 0 atom stereocenters. The van der Waals surface area contributed by atoms with Crippen LogP contribution in [0.3, 0.4) is 0 Å². The molecule has 0 fully saturated rings. The van der Waals surface area contributed by atoms with Crippen LogP contribution in [-0.4, -0.2) is 10.9 Å². The maximum atomic E-state index is 13.5. The molecule has 0 saturated carbocycles. The van der Waals surface area contributed by atoms with E-state index < -0.39 is 51.9 Å². The molecule has 1 N–H and O–H groups in total. The quantitative estimate of drug-likeness (QED) is 0.669. The molecule has 8 heteroatoms. The highest BCUT2D eigenvalue weighted by atomic mass is 19.4. The third-order valence-corrected chi connectivity index (χ3v) is 2.86. The summed E-state index contributed by atoms with van der Waals surface area (Å²) < 4.78 is 77.4. The third-order valence-electron chi connectivity index (χ3n) is 2.86. The Hall–Kier alpha value is -2.51. The fourth-order valence-electron chi connectivity index (χ4n) is 1.79. The molecule has 0 bridgehead atoms. The van der Waals surface area contributed by atoms with Crippen molar-refractivity contribution < 1.29 is 36.2 Å². The van der Waals surface area contributed by atoms with Crippen LogP contribution in [0.2, 0.25) is 0 Å². The molecule has 0 amide bonds. The van der Waals surface area contributed by atoms with E-state index in [2.05, 4.69) is 0 Å². The van der Waals surface area contributed by atoms with E-state index >= 15 is 0 Å². The molecule has 22 heavy (non-hydrogen) atoms. The van der Waals surface area contributed by atoms with E-state index in [1.54, 1.807) is 0 Å². The highest BCUT2D eigenvalue weighted by molar-refractivity contribution is 6.10. The van der Waals surface area contributed by atoms with Gasteiger partial charge in [0.1, 0.15) is 0 Å². The Balaban J connectivity index is 2.57. The molecular formula is C14H6F6O2. The van der Waals surface area contributed by atoms with Gasteiger partial charge in [0, 0.05) is 0 Å². The van der Waals surface area contributed by atoms with Gasteiger partial charge in [0.2, 0.25) is 0 Å². The van der Waals surface area contributed by atoms with E-state index in [9.17, 15) is 36.2 Å². The molecule has 116 valence electrons. The SMILES string of the molecule is O=C(c1ccc(C(F)(F)F)c(F)c1O)c1cccc(F)c1F. The van der Waals surface area contributed by atoms with Gasteiger partial charge in [-0.2, -0.15) is 13.2 Å². The molecule has 0 spiro atoms. The van der Waals surface area contributed by atoms with Crippen LogP contribution in [0, 0.1) is 17.5 Å². The first kappa shape index (κ1) is 15.9. The minimum atomic E-state index is -5.08. The fourth-order valence-corrected chi connectivity index (χ4v) is 1.79. The van der Waals surface area contributed by atoms with E-state index in [0.717, 1.165) is 18.2 Å². The lowest BCUT2D eigenvalue weighted by atomic mass is 9.99. The summed E-state index contributed by atoms with van der Waals surface area (Å²) in [5, 5.41) is 9.42. The number of hydrogen-bond acceptors (Lipinski definition) is 2. The Labute approximate surface area is 119 Å². The van der Waals surface area contributed by atoms with Crippen molar-refractivity contribution in [2.45, 2.75) is 6.18 Å². The van der Waals surface area contributed by atoms with Crippen LogP contribution < -0.4 is 0 Å². The average molecular weight is 320 g/mol. The largest absolute Gasteiger partial charge is 0.504 e. The first-order valence-corrected chi connectivity index (χ1v) is 5.72. The summed E-state index contributed by atoms with van der Waals surface area (Å²) in [4.78, 5) is 11.9. The lowest BCUT2D eigenvalue weighted by Gasteiger charge is -2.11. The number of phenolic OH excluding ortho intramolecular Hbond substituents is 1. The molecule has 2 rings (SSSR count). The molecule has 0 aromatic heterocycles. The van der Waals surface area contributed by atoms with Crippen molar-refractivity contribution in [2.24, 2.45) is 0 Å². The predicted octanol–water partition coefficient (Wildman–Crippen LogP) is 4.06. The molecule has 2 aromatic carbocycles. The summed E-state index contributed by atoms with van der Waals surface area (Å²) in [6.45, 7) is 0. The minimum absolute atomic E-state index is 0.236. The standard InChI is InChI=1S/C14H6F6O2/c15-9-3-1-2-6(10(9)16)12(21)7-4-5-8(14(18,19)20)11(17)13(7)22/h1-5,22H. The number of halogens is 6. The number of phenols is 1. The van der Waals surface area contributed by atoms with Crippen LogP contribution >= 0.6 is 0 Å².